The molecule has 42 heavy (non-hydrogen) atoms. The van der Waals surface area contributed by atoms with Crippen LogP contribution in [0.1, 0.15) is 23.6 Å². The van der Waals surface area contributed by atoms with Gasteiger partial charge in [-0.2, -0.15) is 0 Å². The smallest absolute Gasteiger partial charge is 0.408 e. The minimum Gasteiger partial charge on any atom is -0.480 e. The molecule has 0 aromatic heterocycles. The summed E-state index contributed by atoms with van der Waals surface area (Å²) in [6.07, 6.45) is -1.46. The van der Waals surface area contributed by atoms with Gasteiger partial charge >= 0.3 is 12.1 Å². The summed E-state index contributed by atoms with van der Waals surface area (Å²) in [4.78, 5) is 47.7. The normalized spacial score (nSPS) is 12.5. The second-order valence-corrected chi connectivity index (χ2v) is 10.2. The highest BCUT2D eigenvalue weighted by atomic mass is 79.9. The van der Waals surface area contributed by atoms with Crippen LogP contribution in [0.2, 0.25) is 0 Å². The topological polar surface area (TPSA) is 131 Å². The third-order valence-electron chi connectivity index (χ3n) is 5.79. The van der Waals surface area contributed by atoms with Gasteiger partial charge in [0.15, 0.2) is 11.8 Å². The van der Waals surface area contributed by atoms with Gasteiger partial charge < -0.3 is 25.2 Å². The minimum atomic E-state index is -1.32. The van der Waals surface area contributed by atoms with Crippen molar-refractivity contribution in [2.24, 2.45) is 0 Å². The van der Waals surface area contributed by atoms with E-state index in [9.17, 15) is 24.3 Å². The Kier molecular flexibility index (Phi) is 16.1. The fourth-order valence-corrected chi connectivity index (χ4v) is 4.46. The average molecular weight is 706 g/mol. The van der Waals surface area contributed by atoms with Crippen LogP contribution in [0.25, 0.3) is 0 Å². The lowest BCUT2D eigenvalue weighted by Crippen LogP contribution is -2.55. The third-order valence-corrected chi connectivity index (χ3v) is 7.04. The van der Waals surface area contributed by atoms with E-state index in [1.165, 1.54) is 0 Å². The van der Waals surface area contributed by atoms with Crippen molar-refractivity contribution in [3.05, 3.63) is 108 Å². The zero-order valence-electron chi connectivity index (χ0n) is 23.1. The van der Waals surface area contributed by atoms with Gasteiger partial charge in [0.1, 0.15) is 12.6 Å². The van der Waals surface area contributed by atoms with Crippen molar-refractivity contribution >= 4 is 55.6 Å². The van der Waals surface area contributed by atoms with E-state index < -0.39 is 36.2 Å². The molecular formula is C31H34Br2N2O7. The van der Waals surface area contributed by atoms with Gasteiger partial charge in [0.2, 0.25) is 5.91 Å². The second kappa shape index (κ2) is 19.6. The Hall–Kier alpha value is -3.54. The molecule has 3 rings (SSSR count). The molecular weight excluding hydrogens is 672 g/mol. The van der Waals surface area contributed by atoms with Crippen molar-refractivity contribution in [2.45, 2.75) is 44.7 Å². The van der Waals surface area contributed by atoms with E-state index in [0.717, 1.165) is 16.7 Å². The summed E-state index contributed by atoms with van der Waals surface area (Å²) in [5, 5.41) is 15.7. The molecule has 9 nitrogen and oxygen atoms in total. The number of hydrogen-bond donors (Lipinski definition) is 3. The molecule has 0 fully saturated rings. The first-order chi connectivity index (χ1) is 20.2. The molecule has 0 spiro atoms. The molecule has 3 atom stereocenters. The lowest BCUT2D eigenvalue weighted by atomic mass is 10.0. The molecule has 0 heterocycles. The summed E-state index contributed by atoms with van der Waals surface area (Å²) in [5.41, 5.74) is 2.47. The lowest BCUT2D eigenvalue weighted by Gasteiger charge is -2.25. The van der Waals surface area contributed by atoms with Crippen molar-refractivity contribution < 1.29 is 33.8 Å². The molecule has 3 N–H and O–H groups in total. The van der Waals surface area contributed by atoms with E-state index in [1.54, 1.807) is 6.92 Å². The number of aliphatic carboxylic acids is 1. The number of nitrogens with one attached hydrogen (secondary N) is 2. The highest BCUT2D eigenvalue weighted by Gasteiger charge is 2.31. The molecule has 3 aromatic rings. The van der Waals surface area contributed by atoms with E-state index in [4.69, 9.17) is 9.47 Å². The zero-order valence-corrected chi connectivity index (χ0v) is 26.3. The summed E-state index contributed by atoms with van der Waals surface area (Å²) in [5.74, 6) is -1.72. The van der Waals surface area contributed by atoms with E-state index in [0.29, 0.717) is 10.7 Å². The maximum atomic E-state index is 13.2. The Morgan fingerprint density at radius 2 is 1.21 bits per heavy atom. The van der Waals surface area contributed by atoms with E-state index in [-0.39, 0.29) is 25.4 Å². The zero-order chi connectivity index (χ0) is 30.7. The number of alkyl carbamates (subject to hydrolysis) is 1. The fourth-order valence-electron chi connectivity index (χ4n) is 3.53. The number of ketones is 1. The first-order valence-corrected chi connectivity index (χ1v) is 15.3. The summed E-state index contributed by atoms with van der Waals surface area (Å²) >= 11 is 5.99. The first-order valence-electron chi connectivity index (χ1n) is 13.1. The van der Waals surface area contributed by atoms with E-state index >= 15 is 0 Å². The van der Waals surface area contributed by atoms with Crippen LogP contribution in [-0.4, -0.2) is 57.7 Å². The van der Waals surface area contributed by atoms with Crippen molar-refractivity contribution in [3.63, 3.8) is 0 Å². The van der Waals surface area contributed by atoms with Crippen LogP contribution in [0.4, 0.5) is 4.79 Å². The number of ether oxygens (including phenoxy) is 2. The SMILES string of the molecule is CC(OCc1ccccc1)[C@H](NC(=O)[C@H](Cc1ccccc1)NC(=O)OCc1ccccc1)C(=O)O.O=C(CBr)CBr. The number of carboxylic acids is 1. The molecule has 3 aromatic carbocycles. The second-order valence-electron chi connectivity index (χ2n) is 9.08. The predicted molar refractivity (Wildman–Crippen MR) is 167 cm³/mol. The Morgan fingerprint density at radius 3 is 1.67 bits per heavy atom. The Balaban J connectivity index is 0.000000928. The summed E-state index contributed by atoms with van der Waals surface area (Å²) in [6, 6.07) is 25.2. The number of rotatable bonds is 14. The Bertz CT molecular complexity index is 1240. The molecule has 0 saturated heterocycles. The standard InChI is InChI=1S/C28H30N2O6.C3H4Br2O/c1-20(35-18-22-13-7-3-8-14-22)25(27(32)33)30-26(31)24(17-21-11-5-2-6-12-21)29-28(34)36-19-23-15-9-4-10-16-23;4-1-3(6)2-5/h2-16,20,24-25H,17-19H2,1H3,(H,29,34)(H,30,31)(H,32,33);1-2H2/t20?,24-,25-;/m0./s1. The number of carboxylic acid groups (broad SMARTS) is 1. The maximum absolute atomic E-state index is 13.2. The number of halogens is 2. The number of benzene rings is 3. The summed E-state index contributed by atoms with van der Waals surface area (Å²) in [7, 11) is 0. The number of amides is 2. The van der Waals surface area contributed by atoms with Crippen LogP contribution in [0, 0.1) is 0 Å². The molecule has 2 amide bonds. The first kappa shape index (κ1) is 34.7. The van der Waals surface area contributed by atoms with Crippen molar-refractivity contribution in [1.82, 2.24) is 10.6 Å². The lowest BCUT2D eigenvalue weighted by molar-refractivity contribution is -0.146. The van der Waals surface area contributed by atoms with E-state index in [2.05, 4.69) is 42.5 Å². The van der Waals surface area contributed by atoms with Crippen LogP contribution in [-0.2, 0) is 43.5 Å². The molecule has 224 valence electrons. The van der Waals surface area contributed by atoms with E-state index in [1.807, 2.05) is 91.0 Å². The fraction of sp³-hybridized carbons (Fsp3) is 0.290. The molecule has 1 unspecified atom stereocenters. The number of hydrogen-bond acceptors (Lipinski definition) is 6. The predicted octanol–water partition coefficient (Wildman–Crippen LogP) is 5.04. The van der Waals surface area contributed by atoms with Gasteiger partial charge in [-0.3, -0.25) is 9.59 Å². The third kappa shape index (κ3) is 13.4. The number of carbonyl (C=O) groups is 4. The van der Waals surface area contributed by atoms with Crippen LogP contribution < -0.4 is 10.6 Å². The highest BCUT2D eigenvalue weighted by molar-refractivity contribution is 9.10. The number of alkyl halides is 2. The quantitative estimate of drug-likeness (QED) is 0.200. The van der Waals surface area contributed by atoms with Crippen LogP contribution >= 0.6 is 31.9 Å². The van der Waals surface area contributed by atoms with Gasteiger partial charge in [-0.25, -0.2) is 9.59 Å². The van der Waals surface area contributed by atoms with Crippen molar-refractivity contribution in [1.29, 1.82) is 0 Å². The maximum Gasteiger partial charge on any atom is 0.408 e. The molecule has 0 aliphatic heterocycles. The largest absolute Gasteiger partial charge is 0.480 e. The van der Waals surface area contributed by atoms with Gasteiger partial charge in [0, 0.05) is 6.42 Å². The van der Waals surface area contributed by atoms with Gasteiger partial charge in [0.25, 0.3) is 0 Å². The average Bonchev–Trinajstić information content (AvgIpc) is 3.02. The molecule has 0 aliphatic carbocycles. The Morgan fingerprint density at radius 1 is 0.738 bits per heavy atom. The highest BCUT2D eigenvalue weighted by Crippen LogP contribution is 2.09. The number of Topliss-reactive ketones (excluding diaryl/α,β-unsaturated/α-hetero) is 1. The van der Waals surface area contributed by atoms with Crippen LogP contribution in [0.15, 0.2) is 91.0 Å². The Labute approximate surface area is 262 Å². The van der Waals surface area contributed by atoms with Crippen LogP contribution in [0.3, 0.4) is 0 Å². The molecule has 0 radical (unpaired) electrons. The molecule has 0 saturated carbocycles. The number of carbonyl (C=O) groups excluding carboxylic acids is 3. The summed E-state index contributed by atoms with van der Waals surface area (Å²) in [6.45, 7) is 1.81. The van der Waals surface area contributed by atoms with Crippen LogP contribution in [0.5, 0.6) is 0 Å². The van der Waals surface area contributed by atoms with Crippen molar-refractivity contribution in [2.75, 3.05) is 10.7 Å². The van der Waals surface area contributed by atoms with Gasteiger partial charge in [-0.05, 0) is 23.6 Å². The van der Waals surface area contributed by atoms with Gasteiger partial charge in [0.05, 0.1) is 23.4 Å². The van der Waals surface area contributed by atoms with Gasteiger partial charge in [-0.1, -0.05) is 123 Å². The summed E-state index contributed by atoms with van der Waals surface area (Å²) < 4.78 is 11.0. The van der Waals surface area contributed by atoms with Crippen molar-refractivity contribution in [3.8, 4) is 0 Å². The molecule has 0 bridgehead atoms. The monoisotopic (exact) mass is 704 g/mol. The van der Waals surface area contributed by atoms with Gasteiger partial charge in [-0.15, -0.1) is 0 Å². The molecule has 11 heteroatoms. The minimum absolute atomic E-state index is 0.0362. The molecule has 0 aliphatic rings.